The number of esters is 1. The van der Waals surface area contributed by atoms with Crippen LogP contribution in [0.2, 0.25) is 0 Å². The molecule has 1 aromatic heterocycles. The Morgan fingerprint density at radius 3 is 2.47 bits per heavy atom. The van der Waals surface area contributed by atoms with Crippen molar-refractivity contribution in [1.29, 1.82) is 0 Å². The molecule has 19 heavy (non-hydrogen) atoms. The van der Waals surface area contributed by atoms with Gasteiger partial charge in [0.1, 0.15) is 0 Å². The molecule has 9 heteroatoms. The summed E-state index contributed by atoms with van der Waals surface area (Å²) >= 11 is 2.72. The lowest BCUT2D eigenvalue weighted by atomic mass is 10.1. The van der Waals surface area contributed by atoms with Gasteiger partial charge < -0.3 is 4.74 Å². The van der Waals surface area contributed by atoms with E-state index in [-0.39, 0.29) is 11.1 Å². The van der Waals surface area contributed by atoms with Crippen molar-refractivity contribution in [2.24, 2.45) is 0 Å². The average Bonchev–Trinajstić information content (AvgIpc) is 2.26. The van der Waals surface area contributed by atoms with Crippen LogP contribution in [0.3, 0.4) is 0 Å². The summed E-state index contributed by atoms with van der Waals surface area (Å²) in [4.78, 5) is 14.4. The highest BCUT2D eigenvalue weighted by molar-refractivity contribution is 9.10. The van der Waals surface area contributed by atoms with E-state index in [1.807, 2.05) is 0 Å². The Labute approximate surface area is 112 Å². The molecule has 0 atom stereocenters. The standard InChI is InChI=1S/C10H7BrF5NO2/c1-2-19-9(18)5-4(11)3-17-7(10(14,15)16)6(5)8(12)13/h3,8H,2H2,1H3. The number of hydrogen-bond acceptors (Lipinski definition) is 3. The summed E-state index contributed by atoms with van der Waals surface area (Å²) in [5.41, 5.74) is -4.15. The van der Waals surface area contributed by atoms with Gasteiger partial charge in [-0.25, -0.2) is 13.6 Å². The maximum atomic E-state index is 12.8. The Morgan fingerprint density at radius 2 is 2.05 bits per heavy atom. The summed E-state index contributed by atoms with van der Waals surface area (Å²) < 4.78 is 67.7. The smallest absolute Gasteiger partial charge is 0.433 e. The number of carbonyl (C=O) groups is 1. The molecule has 1 heterocycles. The lowest BCUT2D eigenvalue weighted by Gasteiger charge is -2.15. The van der Waals surface area contributed by atoms with Crippen LogP contribution >= 0.6 is 15.9 Å². The third kappa shape index (κ3) is 3.40. The minimum Gasteiger partial charge on any atom is -0.462 e. The van der Waals surface area contributed by atoms with Crippen LogP contribution in [0.5, 0.6) is 0 Å². The van der Waals surface area contributed by atoms with Gasteiger partial charge in [0.2, 0.25) is 0 Å². The summed E-state index contributed by atoms with van der Waals surface area (Å²) in [6.07, 6.45) is -7.96. The fourth-order valence-electron chi connectivity index (χ4n) is 1.35. The molecule has 0 amide bonds. The monoisotopic (exact) mass is 347 g/mol. The predicted octanol–water partition coefficient (Wildman–Crippen LogP) is 3.98. The zero-order chi connectivity index (χ0) is 14.8. The van der Waals surface area contributed by atoms with E-state index >= 15 is 0 Å². The molecule has 0 aromatic carbocycles. The highest BCUT2D eigenvalue weighted by Crippen LogP contribution is 2.39. The molecule has 0 bridgehead atoms. The molecular weight excluding hydrogens is 341 g/mol. The highest BCUT2D eigenvalue weighted by atomic mass is 79.9. The largest absolute Gasteiger partial charge is 0.462 e. The minimum absolute atomic E-state index is 0.155. The van der Waals surface area contributed by atoms with Gasteiger partial charge in [-0.2, -0.15) is 13.2 Å². The van der Waals surface area contributed by atoms with Gasteiger partial charge in [-0.1, -0.05) is 0 Å². The quantitative estimate of drug-likeness (QED) is 0.613. The summed E-state index contributed by atoms with van der Waals surface area (Å²) in [7, 11) is 0. The Kier molecular flexibility index (Phi) is 4.83. The van der Waals surface area contributed by atoms with Gasteiger partial charge in [-0.15, -0.1) is 0 Å². The zero-order valence-electron chi connectivity index (χ0n) is 9.39. The fraction of sp³-hybridized carbons (Fsp3) is 0.400. The Balaban J connectivity index is 3.56. The van der Waals surface area contributed by atoms with E-state index in [4.69, 9.17) is 0 Å². The van der Waals surface area contributed by atoms with Crippen molar-refractivity contribution < 1.29 is 31.5 Å². The topological polar surface area (TPSA) is 39.2 Å². The molecule has 0 spiro atoms. The van der Waals surface area contributed by atoms with Gasteiger partial charge >= 0.3 is 12.1 Å². The average molecular weight is 348 g/mol. The number of hydrogen-bond donors (Lipinski definition) is 0. The van der Waals surface area contributed by atoms with Crippen LogP contribution in [-0.4, -0.2) is 17.6 Å². The summed E-state index contributed by atoms with van der Waals surface area (Å²) in [6.45, 7) is 1.25. The lowest BCUT2D eigenvalue weighted by molar-refractivity contribution is -0.143. The molecule has 3 nitrogen and oxygen atoms in total. The molecule has 0 radical (unpaired) electrons. The third-order valence-corrected chi connectivity index (χ3v) is 2.64. The highest BCUT2D eigenvalue weighted by Gasteiger charge is 2.41. The van der Waals surface area contributed by atoms with Gasteiger partial charge in [-0.05, 0) is 22.9 Å². The first-order valence-electron chi connectivity index (χ1n) is 4.91. The number of rotatable bonds is 3. The van der Waals surface area contributed by atoms with Crippen LogP contribution in [0.1, 0.15) is 35.0 Å². The van der Waals surface area contributed by atoms with Gasteiger partial charge in [0.15, 0.2) is 5.69 Å². The number of halogens is 6. The molecule has 0 aliphatic rings. The Hall–Kier alpha value is -1.25. The second-order valence-electron chi connectivity index (χ2n) is 3.26. The molecule has 1 rings (SSSR count). The SMILES string of the molecule is CCOC(=O)c1c(Br)cnc(C(F)(F)F)c1C(F)F. The zero-order valence-corrected chi connectivity index (χ0v) is 11.0. The minimum atomic E-state index is -5.09. The van der Waals surface area contributed by atoms with Crippen molar-refractivity contribution >= 4 is 21.9 Å². The molecular formula is C10H7BrF5NO2. The van der Waals surface area contributed by atoms with E-state index in [1.165, 1.54) is 6.92 Å². The molecule has 0 N–H and O–H groups in total. The second kappa shape index (κ2) is 5.81. The van der Waals surface area contributed by atoms with E-state index in [9.17, 15) is 26.7 Å². The third-order valence-electron chi connectivity index (χ3n) is 2.04. The maximum Gasteiger partial charge on any atom is 0.433 e. The van der Waals surface area contributed by atoms with E-state index in [2.05, 4.69) is 25.7 Å². The van der Waals surface area contributed by atoms with Gasteiger partial charge in [0.05, 0.1) is 22.2 Å². The van der Waals surface area contributed by atoms with Crippen molar-refractivity contribution in [2.45, 2.75) is 19.5 Å². The van der Waals surface area contributed by atoms with Crippen molar-refractivity contribution in [3.63, 3.8) is 0 Å². The van der Waals surface area contributed by atoms with Crippen LogP contribution in [-0.2, 0) is 10.9 Å². The first-order chi connectivity index (χ1) is 8.70. The summed E-state index contributed by atoms with van der Waals surface area (Å²) in [6, 6.07) is 0. The van der Waals surface area contributed by atoms with Crippen molar-refractivity contribution in [3.8, 4) is 0 Å². The van der Waals surface area contributed by atoms with E-state index < -0.39 is 35.4 Å². The summed E-state index contributed by atoms with van der Waals surface area (Å²) in [5, 5.41) is 0. The number of pyridine rings is 1. The molecule has 0 aliphatic heterocycles. The Bertz CT molecular complexity index is 490. The van der Waals surface area contributed by atoms with E-state index in [0.29, 0.717) is 6.20 Å². The predicted molar refractivity (Wildman–Crippen MR) is 57.9 cm³/mol. The van der Waals surface area contributed by atoms with Gasteiger partial charge in [0.25, 0.3) is 6.43 Å². The number of carbonyl (C=O) groups excluding carboxylic acids is 1. The number of nitrogens with zero attached hydrogens (tertiary/aromatic N) is 1. The van der Waals surface area contributed by atoms with Crippen LogP contribution < -0.4 is 0 Å². The molecule has 0 unspecified atom stereocenters. The fourth-order valence-corrected chi connectivity index (χ4v) is 1.83. The van der Waals surface area contributed by atoms with E-state index in [0.717, 1.165) is 0 Å². The van der Waals surface area contributed by atoms with Crippen LogP contribution in [0.15, 0.2) is 10.7 Å². The van der Waals surface area contributed by atoms with Crippen molar-refractivity contribution in [2.75, 3.05) is 6.61 Å². The first kappa shape index (κ1) is 15.8. The molecule has 0 aliphatic carbocycles. The van der Waals surface area contributed by atoms with Crippen LogP contribution in [0.4, 0.5) is 22.0 Å². The summed E-state index contributed by atoms with van der Waals surface area (Å²) in [5.74, 6) is -1.27. The van der Waals surface area contributed by atoms with Crippen LogP contribution in [0.25, 0.3) is 0 Å². The van der Waals surface area contributed by atoms with Crippen molar-refractivity contribution in [3.05, 3.63) is 27.5 Å². The molecule has 1 aromatic rings. The number of alkyl halides is 5. The molecule has 0 fully saturated rings. The van der Waals surface area contributed by atoms with E-state index in [1.54, 1.807) is 0 Å². The normalized spacial score (nSPS) is 11.8. The Morgan fingerprint density at radius 1 is 1.47 bits per heavy atom. The number of aromatic nitrogens is 1. The molecule has 106 valence electrons. The molecule has 0 saturated carbocycles. The van der Waals surface area contributed by atoms with Crippen LogP contribution in [0, 0.1) is 0 Å². The maximum absolute atomic E-state index is 12.8. The van der Waals surface area contributed by atoms with Crippen molar-refractivity contribution in [1.82, 2.24) is 4.98 Å². The first-order valence-corrected chi connectivity index (χ1v) is 5.70. The lowest BCUT2D eigenvalue weighted by Crippen LogP contribution is -2.18. The molecule has 0 saturated heterocycles. The van der Waals surface area contributed by atoms with Gasteiger partial charge in [0, 0.05) is 6.20 Å². The second-order valence-corrected chi connectivity index (χ2v) is 4.12. The van der Waals surface area contributed by atoms with Gasteiger partial charge in [-0.3, -0.25) is 4.98 Å². The number of ether oxygens (including phenoxy) is 1.